The number of carbonyl (C=O) groups is 2. The molecule has 8 heteroatoms. The maximum atomic E-state index is 11.8. The van der Waals surface area contributed by atoms with Crippen LogP contribution in [-0.2, 0) is 9.59 Å². The van der Waals surface area contributed by atoms with Crippen LogP contribution in [0.4, 0.5) is 0 Å². The maximum absolute atomic E-state index is 11.8. The van der Waals surface area contributed by atoms with Crippen LogP contribution >= 0.6 is 35.4 Å². The molecule has 0 bridgehead atoms. The normalized spacial score (nSPS) is 18.2. The number of hydrogen-bond donors (Lipinski definition) is 1. The van der Waals surface area contributed by atoms with Crippen LogP contribution in [0.15, 0.2) is 18.2 Å². The fourth-order valence-corrected chi connectivity index (χ4v) is 2.83. The van der Waals surface area contributed by atoms with E-state index in [0.717, 1.165) is 0 Å². The number of nitrogens with zero attached hydrogens (tertiary/aromatic N) is 2. The SMILES string of the molecule is CC(=O)N1NC(=S)N(C(C)=O)C1c1ccc(Cl)cc1Cl. The fourth-order valence-electron chi connectivity index (χ4n) is 2.00. The second kappa shape index (κ2) is 5.55. The standard InChI is InChI=1S/C12H11Cl2N3O2S/c1-6(18)16-11(17(7(2)19)15-12(16)20)9-4-3-8(13)5-10(9)14/h3-5,11H,1-2H3,(H,15,20). The van der Waals surface area contributed by atoms with Crippen molar-refractivity contribution in [2.24, 2.45) is 0 Å². The number of nitrogens with one attached hydrogen (secondary N) is 1. The molecule has 1 aliphatic rings. The summed E-state index contributed by atoms with van der Waals surface area (Å²) < 4.78 is 0. The quantitative estimate of drug-likeness (QED) is 0.803. The number of thiocarbonyl (C=S) groups is 1. The van der Waals surface area contributed by atoms with E-state index in [0.29, 0.717) is 15.6 Å². The summed E-state index contributed by atoms with van der Waals surface area (Å²) in [5, 5.41) is 2.24. The van der Waals surface area contributed by atoms with Gasteiger partial charge < -0.3 is 0 Å². The van der Waals surface area contributed by atoms with E-state index in [-0.39, 0.29) is 16.9 Å². The molecule has 1 aromatic rings. The van der Waals surface area contributed by atoms with Crippen LogP contribution < -0.4 is 5.43 Å². The number of rotatable bonds is 1. The first-order chi connectivity index (χ1) is 9.32. The minimum atomic E-state index is -0.720. The molecule has 1 atom stereocenters. The zero-order valence-corrected chi connectivity index (χ0v) is 13.0. The topological polar surface area (TPSA) is 52.7 Å². The Bertz CT molecular complexity index is 608. The first-order valence-electron chi connectivity index (χ1n) is 5.68. The zero-order valence-electron chi connectivity index (χ0n) is 10.7. The number of carbonyl (C=O) groups excluding carboxylic acids is 2. The van der Waals surface area contributed by atoms with E-state index in [4.69, 9.17) is 35.4 Å². The highest BCUT2D eigenvalue weighted by atomic mass is 35.5. The maximum Gasteiger partial charge on any atom is 0.240 e. The lowest BCUT2D eigenvalue weighted by atomic mass is 10.1. The Labute approximate surface area is 131 Å². The molecule has 20 heavy (non-hydrogen) atoms. The minimum absolute atomic E-state index is 0.156. The Morgan fingerprint density at radius 1 is 1.25 bits per heavy atom. The molecule has 1 unspecified atom stereocenters. The highest BCUT2D eigenvalue weighted by Gasteiger charge is 2.41. The van der Waals surface area contributed by atoms with Gasteiger partial charge in [-0.05, 0) is 24.4 Å². The fraction of sp³-hybridized carbons (Fsp3) is 0.250. The average Bonchev–Trinajstić information content (AvgIpc) is 2.67. The molecule has 2 amide bonds. The molecular formula is C12H11Cl2N3O2S. The van der Waals surface area contributed by atoms with Crippen LogP contribution in [0.3, 0.4) is 0 Å². The summed E-state index contributed by atoms with van der Waals surface area (Å²) >= 11 is 17.1. The largest absolute Gasteiger partial charge is 0.275 e. The number of amides is 2. The Morgan fingerprint density at radius 3 is 2.40 bits per heavy atom. The highest BCUT2D eigenvalue weighted by Crippen LogP contribution is 2.34. The van der Waals surface area contributed by atoms with Crippen LogP contribution in [0.2, 0.25) is 10.0 Å². The molecule has 2 rings (SSSR count). The highest BCUT2D eigenvalue weighted by molar-refractivity contribution is 7.80. The first-order valence-corrected chi connectivity index (χ1v) is 6.84. The van der Waals surface area contributed by atoms with Crippen molar-refractivity contribution in [2.45, 2.75) is 20.0 Å². The van der Waals surface area contributed by atoms with Crippen molar-refractivity contribution in [1.29, 1.82) is 0 Å². The average molecular weight is 332 g/mol. The van der Waals surface area contributed by atoms with Crippen molar-refractivity contribution in [3.63, 3.8) is 0 Å². The van der Waals surface area contributed by atoms with E-state index < -0.39 is 6.17 Å². The van der Waals surface area contributed by atoms with E-state index >= 15 is 0 Å². The third-order valence-corrected chi connectivity index (χ3v) is 3.69. The number of benzene rings is 1. The van der Waals surface area contributed by atoms with Gasteiger partial charge in [-0.25, -0.2) is 5.01 Å². The number of hydrazine groups is 1. The van der Waals surface area contributed by atoms with Gasteiger partial charge >= 0.3 is 0 Å². The molecule has 1 fully saturated rings. The molecule has 0 saturated carbocycles. The first kappa shape index (κ1) is 15.0. The molecule has 0 spiro atoms. The monoisotopic (exact) mass is 331 g/mol. The van der Waals surface area contributed by atoms with Crippen molar-refractivity contribution in [3.05, 3.63) is 33.8 Å². The van der Waals surface area contributed by atoms with Crippen molar-refractivity contribution in [1.82, 2.24) is 15.3 Å². The Balaban J connectivity index is 2.54. The van der Waals surface area contributed by atoms with Gasteiger partial charge in [0.2, 0.25) is 11.8 Å². The molecule has 1 N–H and O–H groups in total. The summed E-state index contributed by atoms with van der Waals surface area (Å²) in [6, 6.07) is 4.86. The Hall–Kier alpha value is -1.37. The molecule has 1 aliphatic heterocycles. The molecule has 1 aromatic carbocycles. The minimum Gasteiger partial charge on any atom is -0.275 e. The van der Waals surface area contributed by atoms with Gasteiger partial charge in [0.1, 0.15) is 0 Å². The van der Waals surface area contributed by atoms with E-state index in [1.165, 1.54) is 23.8 Å². The lowest BCUT2D eigenvalue weighted by Gasteiger charge is -2.27. The molecule has 1 saturated heterocycles. The molecule has 106 valence electrons. The van der Waals surface area contributed by atoms with Gasteiger partial charge in [-0.2, -0.15) is 0 Å². The summed E-state index contributed by atoms with van der Waals surface area (Å²) in [7, 11) is 0. The molecule has 5 nitrogen and oxygen atoms in total. The van der Waals surface area contributed by atoms with Crippen LogP contribution in [0.5, 0.6) is 0 Å². The van der Waals surface area contributed by atoms with Crippen molar-refractivity contribution in [2.75, 3.05) is 0 Å². The molecule has 0 aromatic heterocycles. The van der Waals surface area contributed by atoms with Crippen LogP contribution in [0, 0.1) is 0 Å². The molecule has 0 aliphatic carbocycles. The van der Waals surface area contributed by atoms with Gasteiger partial charge in [0.25, 0.3) is 0 Å². The zero-order chi connectivity index (χ0) is 15.0. The molecular weight excluding hydrogens is 321 g/mol. The van der Waals surface area contributed by atoms with Crippen molar-refractivity contribution >= 4 is 52.3 Å². The smallest absolute Gasteiger partial charge is 0.240 e. The van der Waals surface area contributed by atoms with Crippen molar-refractivity contribution in [3.8, 4) is 0 Å². The number of halogens is 2. The van der Waals surface area contributed by atoms with E-state index in [1.807, 2.05) is 0 Å². The second-order valence-corrected chi connectivity index (χ2v) is 5.46. The van der Waals surface area contributed by atoms with Gasteiger partial charge in [0.15, 0.2) is 11.3 Å². The molecule has 0 radical (unpaired) electrons. The van der Waals surface area contributed by atoms with Gasteiger partial charge in [-0.1, -0.05) is 29.3 Å². The Morgan fingerprint density at radius 2 is 1.90 bits per heavy atom. The lowest BCUT2D eigenvalue weighted by molar-refractivity contribution is -0.137. The van der Waals surface area contributed by atoms with Gasteiger partial charge in [-0.3, -0.25) is 19.9 Å². The number of hydrogen-bond acceptors (Lipinski definition) is 3. The van der Waals surface area contributed by atoms with Gasteiger partial charge in [0.05, 0.1) is 0 Å². The van der Waals surface area contributed by atoms with Crippen LogP contribution in [0.25, 0.3) is 0 Å². The van der Waals surface area contributed by atoms with Gasteiger partial charge in [0, 0.05) is 29.5 Å². The van der Waals surface area contributed by atoms with E-state index in [9.17, 15) is 9.59 Å². The lowest BCUT2D eigenvalue weighted by Crippen LogP contribution is -2.38. The third kappa shape index (κ3) is 2.59. The van der Waals surface area contributed by atoms with E-state index in [2.05, 4.69) is 5.43 Å². The molecule has 1 heterocycles. The van der Waals surface area contributed by atoms with Gasteiger partial charge in [-0.15, -0.1) is 0 Å². The third-order valence-electron chi connectivity index (χ3n) is 2.84. The summed E-state index contributed by atoms with van der Waals surface area (Å²) in [5.41, 5.74) is 3.27. The second-order valence-electron chi connectivity index (χ2n) is 4.23. The van der Waals surface area contributed by atoms with E-state index in [1.54, 1.807) is 18.2 Å². The van der Waals surface area contributed by atoms with Crippen molar-refractivity contribution < 1.29 is 9.59 Å². The Kier molecular flexibility index (Phi) is 4.17. The van der Waals surface area contributed by atoms with Crippen LogP contribution in [-0.4, -0.2) is 26.8 Å². The summed E-state index contributed by atoms with van der Waals surface area (Å²) in [6.07, 6.45) is -0.720. The summed E-state index contributed by atoms with van der Waals surface area (Å²) in [5.74, 6) is -0.575. The predicted molar refractivity (Wildman–Crippen MR) is 80.0 cm³/mol. The predicted octanol–water partition coefficient (Wildman–Crippen LogP) is 2.49. The van der Waals surface area contributed by atoms with Crippen LogP contribution in [0.1, 0.15) is 25.6 Å². The summed E-state index contributed by atoms with van der Waals surface area (Å²) in [6.45, 7) is 2.74. The summed E-state index contributed by atoms with van der Waals surface area (Å²) in [4.78, 5) is 24.8.